The lowest BCUT2D eigenvalue weighted by molar-refractivity contribution is -0.139. The predicted octanol–water partition coefficient (Wildman–Crippen LogP) is 2.18. The van der Waals surface area contributed by atoms with Gasteiger partial charge in [0, 0.05) is 50.5 Å². The second kappa shape index (κ2) is 10.0. The zero-order valence-electron chi connectivity index (χ0n) is 17.6. The van der Waals surface area contributed by atoms with Gasteiger partial charge in [0.2, 0.25) is 0 Å². The maximum Gasteiger partial charge on any atom is 0.252 e. The van der Waals surface area contributed by atoms with Gasteiger partial charge in [-0.3, -0.25) is 24.6 Å². The highest BCUT2D eigenvalue weighted by molar-refractivity contribution is 5.97. The second-order valence-electron chi connectivity index (χ2n) is 8.15. The van der Waals surface area contributed by atoms with E-state index in [1.807, 2.05) is 17.5 Å². The average Bonchev–Trinajstić information content (AvgIpc) is 2.79. The van der Waals surface area contributed by atoms with Gasteiger partial charge in [-0.25, -0.2) is 4.98 Å². The van der Waals surface area contributed by atoms with Crippen molar-refractivity contribution in [2.75, 3.05) is 44.2 Å². The average molecular weight is 413 g/mol. The van der Waals surface area contributed by atoms with Crippen LogP contribution in [0.3, 0.4) is 0 Å². The molecule has 1 saturated carbocycles. The van der Waals surface area contributed by atoms with Crippen LogP contribution in [-0.2, 0) is 4.84 Å². The molecule has 8 nitrogen and oxygen atoms in total. The molecule has 1 unspecified atom stereocenters. The Morgan fingerprint density at radius 2 is 2.07 bits per heavy atom. The van der Waals surface area contributed by atoms with Crippen LogP contribution >= 0.6 is 0 Å². The van der Waals surface area contributed by atoms with Crippen molar-refractivity contribution >= 4 is 17.4 Å². The van der Waals surface area contributed by atoms with Crippen molar-refractivity contribution in [1.29, 1.82) is 0 Å². The molecule has 1 atom stereocenters. The highest BCUT2D eigenvalue weighted by Gasteiger charge is 2.27. The van der Waals surface area contributed by atoms with Crippen molar-refractivity contribution in [3.8, 4) is 0 Å². The summed E-state index contributed by atoms with van der Waals surface area (Å²) in [5, 5.41) is 2.02. The van der Waals surface area contributed by atoms with Gasteiger partial charge in [0.15, 0.2) is 0 Å². The monoisotopic (exact) mass is 412 g/mol. The number of pyridine rings is 1. The van der Waals surface area contributed by atoms with Gasteiger partial charge < -0.3 is 10.6 Å². The summed E-state index contributed by atoms with van der Waals surface area (Å²) in [6.45, 7) is 5.45. The summed E-state index contributed by atoms with van der Waals surface area (Å²) >= 11 is 0. The molecule has 1 amide bonds. The number of fused-ring (bicyclic) bond motifs is 1. The van der Waals surface area contributed by atoms with Crippen molar-refractivity contribution in [2.45, 2.75) is 44.6 Å². The first-order valence-corrected chi connectivity index (χ1v) is 11.1. The topological polar surface area (TPSA) is 87.3 Å². The molecule has 0 spiro atoms. The summed E-state index contributed by atoms with van der Waals surface area (Å²) < 4.78 is 0. The Hall–Kier alpha value is -2.45. The number of anilines is 1. The van der Waals surface area contributed by atoms with Crippen LogP contribution in [0.25, 0.3) is 0 Å². The van der Waals surface area contributed by atoms with E-state index in [0.717, 1.165) is 65.0 Å². The Balaban J connectivity index is 1.14. The molecule has 8 heteroatoms. The van der Waals surface area contributed by atoms with E-state index < -0.39 is 5.91 Å². The fourth-order valence-corrected chi connectivity index (χ4v) is 4.47. The first-order chi connectivity index (χ1) is 14.7. The van der Waals surface area contributed by atoms with E-state index in [1.54, 1.807) is 18.3 Å². The molecule has 2 aliphatic heterocycles. The summed E-state index contributed by atoms with van der Waals surface area (Å²) in [4.78, 5) is 31.2. The van der Waals surface area contributed by atoms with E-state index in [2.05, 4.69) is 19.8 Å². The number of carbonyl (C=O) groups excluding carboxylic acids is 1. The first-order valence-electron chi connectivity index (χ1n) is 11.1. The summed E-state index contributed by atoms with van der Waals surface area (Å²) in [6.07, 6.45) is 12.4. The van der Waals surface area contributed by atoms with Crippen LogP contribution in [0, 0.1) is 0 Å². The molecule has 30 heavy (non-hydrogen) atoms. The summed E-state index contributed by atoms with van der Waals surface area (Å²) in [7, 11) is 0. The molecule has 1 aromatic heterocycles. The van der Waals surface area contributed by atoms with E-state index in [4.69, 9.17) is 10.6 Å². The third-order valence-corrected chi connectivity index (χ3v) is 6.14. The number of primary amides is 1. The van der Waals surface area contributed by atoms with Gasteiger partial charge in [-0.15, -0.1) is 0 Å². The Labute approximate surface area is 178 Å². The van der Waals surface area contributed by atoms with Gasteiger partial charge in [-0.1, -0.05) is 6.42 Å². The minimum atomic E-state index is -0.421. The maximum atomic E-state index is 11.6. The quantitative estimate of drug-likeness (QED) is 0.659. The number of unbranched alkanes of at least 4 members (excludes halogenated alkanes) is 1. The second-order valence-corrected chi connectivity index (χ2v) is 8.15. The molecule has 1 saturated heterocycles. The largest absolute Gasteiger partial charge is 0.365 e. The van der Waals surface area contributed by atoms with Crippen LogP contribution in [0.5, 0.6) is 0 Å². The molecule has 4 rings (SSSR count). The minimum Gasteiger partial charge on any atom is -0.365 e. The lowest BCUT2D eigenvalue weighted by atomic mass is 9.92. The molecular formula is C22H32N6O2. The molecule has 2 fully saturated rings. The molecule has 0 bridgehead atoms. The summed E-state index contributed by atoms with van der Waals surface area (Å²) in [5.41, 5.74) is 7.26. The van der Waals surface area contributed by atoms with E-state index in [1.165, 1.54) is 18.6 Å². The number of carbonyl (C=O) groups is 1. The van der Waals surface area contributed by atoms with Crippen LogP contribution in [-0.4, -0.2) is 71.9 Å². The fraction of sp³-hybridized carbons (Fsp3) is 0.591. The molecule has 1 aliphatic carbocycles. The van der Waals surface area contributed by atoms with Gasteiger partial charge >= 0.3 is 0 Å². The SMILES string of the molecule is NC(=O)c1cccnc1N1CCN(CCCCON2C=CN=C3CCCCC32)CC1. The number of hydroxylamine groups is 2. The van der Waals surface area contributed by atoms with Gasteiger partial charge in [-0.2, -0.15) is 0 Å². The van der Waals surface area contributed by atoms with E-state index >= 15 is 0 Å². The van der Waals surface area contributed by atoms with Gasteiger partial charge in [0.25, 0.3) is 5.91 Å². The number of aliphatic imine (C=N–C) groups is 1. The van der Waals surface area contributed by atoms with Crippen molar-refractivity contribution in [2.24, 2.45) is 10.7 Å². The molecule has 3 heterocycles. The van der Waals surface area contributed by atoms with Crippen molar-refractivity contribution in [3.05, 3.63) is 36.3 Å². The standard InChI is InChI=1S/C22H32N6O2/c23-21(29)18-6-5-9-25-22(18)27-15-13-26(14-16-27)11-3-4-17-30-28-12-10-24-19-7-1-2-8-20(19)28/h5-6,9-10,12,20H,1-4,7-8,11,13-17H2,(H2,23,29). The van der Waals surface area contributed by atoms with E-state index in [0.29, 0.717) is 17.4 Å². The number of nitrogens with zero attached hydrogens (tertiary/aromatic N) is 5. The third-order valence-electron chi connectivity index (χ3n) is 6.14. The van der Waals surface area contributed by atoms with Crippen molar-refractivity contribution < 1.29 is 9.63 Å². The smallest absolute Gasteiger partial charge is 0.252 e. The minimum absolute atomic E-state index is 0.341. The Morgan fingerprint density at radius 1 is 1.20 bits per heavy atom. The molecule has 2 N–H and O–H groups in total. The molecule has 1 aromatic rings. The molecular weight excluding hydrogens is 380 g/mol. The number of amides is 1. The van der Waals surface area contributed by atoms with Crippen molar-refractivity contribution in [3.63, 3.8) is 0 Å². The van der Waals surface area contributed by atoms with Gasteiger partial charge in [-0.05, 0) is 50.8 Å². The highest BCUT2D eigenvalue weighted by atomic mass is 16.7. The van der Waals surface area contributed by atoms with E-state index in [9.17, 15) is 4.79 Å². The summed E-state index contributed by atoms with van der Waals surface area (Å²) in [5.74, 6) is 0.286. The van der Waals surface area contributed by atoms with Crippen LogP contribution < -0.4 is 10.6 Å². The molecule has 162 valence electrons. The Bertz CT molecular complexity index is 788. The Morgan fingerprint density at radius 3 is 2.90 bits per heavy atom. The number of nitrogens with two attached hydrogens (primary N) is 1. The number of hydrogen-bond acceptors (Lipinski definition) is 7. The van der Waals surface area contributed by atoms with Crippen LogP contribution in [0.2, 0.25) is 0 Å². The van der Waals surface area contributed by atoms with Gasteiger partial charge in [0.05, 0.1) is 18.2 Å². The third kappa shape index (κ3) is 4.99. The number of rotatable bonds is 8. The zero-order valence-corrected chi connectivity index (χ0v) is 17.6. The first kappa shape index (κ1) is 20.8. The van der Waals surface area contributed by atoms with Crippen LogP contribution in [0.1, 0.15) is 48.9 Å². The molecule has 3 aliphatic rings. The fourth-order valence-electron chi connectivity index (χ4n) is 4.47. The zero-order chi connectivity index (χ0) is 20.8. The van der Waals surface area contributed by atoms with Crippen molar-refractivity contribution in [1.82, 2.24) is 14.9 Å². The van der Waals surface area contributed by atoms with E-state index in [-0.39, 0.29) is 0 Å². The van der Waals surface area contributed by atoms with Crippen LogP contribution in [0.4, 0.5) is 5.82 Å². The lowest BCUT2D eigenvalue weighted by Gasteiger charge is -2.36. The number of hydrogen-bond donors (Lipinski definition) is 1. The molecule has 0 aromatic carbocycles. The number of piperazine rings is 1. The van der Waals surface area contributed by atoms with Gasteiger partial charge in [0.1, 0.15) is 5.82 Å². The summed E-state index contributed by atoms with van der Waals surface area (Å²) in [6, 6.07) is 3.84. The Kier molecular flexibility index (Phi) is 6.96. The normalized spacial score (nSPS) is 22.0. The number of aromatic nitrogens is 1. The van der Waals surface area contributed by atoms with Crippen LogP contribution in [0.15, 0.2) is 35.7 Å². The predicted molar refractivity (Wildman–Crippen MR) is 117 cm³/mol. The lowest BCUT2D eigenvalue weighted by Crippen LogP contribution is -2.47. The molecule has 0 radical (unpaired) electrons. The maximum absolute atomic E-state index is 11.6. The highest BCUT2D eigenvalue weighted by Crippen LogP contribution is 2.24.